The van der Waals surface area contributed by atoms with Crippen LogP contribution in [0.2, 0.25) is 5.02 Å². The first kappa shape index (κ1) is 30.6. The lowest BCUT2D eigenvalue weighted by atomic mass is 9.94. The smallest absolute Gasteiger partial charge is 0.244 e. The van der Waals surface area contributed by atoms with Gasteiger partial charge in [-0.2, -0.15) is 0 Å². The number of carbonyl (C=O) groups is 2. The lowest BCUT2D eigenvalue weighted by Gasteiger charge is -2.35. The Morgan fingerprint density at radius 3 is 2.17 bits per heavy atom. The molecular weight excluding hydrogens is 558 g/mol. The molecule has 7 nitrogen and oxygen atoms in total. The van der Waals surface area contributed by atoms with E-state index in [4.69, 9.17) is 11.6 Å². The molecule has 0 saturated heterocycles. The van der Waals surface area contributed by atoms with Crippen molar-refractivity contribution in [2.75, 3.05) is 17.1 Å². The Morgan fingerprint density at radius 2 is 1.54 bits per heavy atom. The maximum atomic E-state index is 14.2. The maximum absolute atomic E-state index is 14.2. The minimum Gasteiger partial charge on any atom is -0.352 e. The SMILES string of the molecule is Cc1ccccc1N(CC(=O)N(Cc1ccc(Cl)cc1)[C@@H](Cc1ccccc1)C(=O)NC1CCCCC1)S(C)(=O)=O. The number of anilines is 1. The van der Waals surface area contributed by atoms with Gasteiger partial charge >= 0.3 is 0 Å². The van der Waals surface area contributed by atoms with Crippen molar-refractivity contribution < 1.29 is 18.0 Å². The topological polar surface area (TPSA) is 86.8 Å². The maximum Gasteiger partial charge on any atom is 0.244 e. The molecule has 1 saturated carbocycles. The fraction of sp³-hybridized carbons (Fsp3) is 0.375. The van der Waals surface area contributed by atoms with Crippen LogP contribution in [-0.2, 0) is 32.6 Å². The van der Waals surface area contributed by atoms with Crippen molar-refractivity contribution in [2.24, 2.45) is 0 Å². The van der Waals surface area contributed by atoms with Crippen LogP contribution in [0.5, 0.6) is 0 Å². The van der Waals surface area contributed by atoms with E-state index in [1.807, 2.05) is 48.5 Å². The van der Waals surface area contributed by atoms with Crippen molar-refractivity contribution in [3.8, 4) is 0 Å². The van der Waals surface area contributed by atoms with E-state index < -0.39 is 28.5 Å². The van der Waals surface area contributed by atoms with Gasteiger partial charge < -0.3 is 10.2 Å². The molecule has 3 aromatic rings. The Hall–Kier alpha value is -3.36. The summed E-state index contributed by atoms with van der Waals surface area (Å²) in [6, 6.07) is 23.0. The van der Waals surface area contributed by atoms with Crippen LogP contribution in [0.4, 0.5) is 5.69 Å². The van der Waals surface area contributed by atoms with Gasteiger partial charge in [0.15, 0.2) is 0 Å². The molecule has 1 N–H and O–H groups in total. The summed E-state index contributed by atoms with van der Waals surface area (Å²) in [5.74, 6) is -0.696. The minimum absolute atomic E-state index is 0.0569. The zero-order valence-corrected chi connectivity index (χ0v) is 25.2. The van der Waals surface area contributed by atoms with E-state index in [9.17, 15) is 18.0 Å². The van der Waals surface area contributed by atoms with Gasteiger partial charge in [-0.1, -0.05) is 91.5 Å². The Kier molecular flexibility index (Phi) is 10.5. The van der Waals surface area contributed by atoms with Crippen molar-refractivity contribution in [1.29, 1.82) is 0 Å². The second kappa shape index (κ2) is 14.0. The third-order valence-corrected chi connectivity index (χ3v) is 8.93. The molecule has 0 aromatic heterocycles. The standard InChI is InChI=1S/C32H38ClN3O4S/c1-24-11-9-10-16-29(24)36(41(2,39)40)23-31(37)35(22-26-17-19-27(33)20-18-26)30(21-25-12-5-3-6-13-25)32(38)34-28-14-7-4-8-15-28/h3,5-6,9-13,16-20,28,30H,4,7-8,14-15,21-23H2,1-2H3,(H,34,38)/t30-/m0/s1. The second-order valence-corrected chi connectivity index (χ2v) is 13.1. The van der Waals surface area contributed by atoms with Crippen LogP contribution in [0.15, 0.2) is 78.9 Å². The lowest BCUT2D eigenvalue weighted by Crippen LogP contribution is -2.55. The van der Waals surface area contributed by atoms with Gasteiger partial charge in [-0.05, 0) is 54.7 Å². The molecule has 0 spiro atoms. The fourth-order valence-electron chi connectivity index (χ4n) is 5.32. The van der Waals surface area contributed by atoms with Gasteiger partial charge in [0.1, 0.15) is 12.6 Å². The average Bonchev–Trinajstić information content (AvgIpc) is 2.95. The van der Waals surface area contributed by atoms with Gasteiger partial charge in [0.2, 0.25) is 21.8 Å². The third-order valence-electron chi connectivity index (χ3n) is 7.55. The highest BCUT2D eigenvalue weighted by molar-refractivity contribution is 7.92. The number of aryl methyl sites for hydroxylation is 1. The summed E-state index contributed by atoms with van der Waals surface area (Å²) >= 11 is 6.12. The highest BCUT2D eigenvalue weighted by Crippen LogP contribution is 2.24. The Balaban J connectivity index is 1.72. The van der Waals surface area contributed by atoms with E-state index in [0.717, 1.165) is 59.4 Å². The molecule has 0 radical (unpaired) electrons. The van der Waals surface area contributed by atoms with E-state index in [-0.39, 0.29) is 18.5 Å². The predicted octanol–water partition coefficient (Wildman–Crippen LogP) is 5.50. The molecule has 2 amide bonds. The summed E-state index contributed by atoms with van der Waals surface area (Å²) in [6.07, 6.45) is 6.47. The molecule has 9 heteroatoms. The number of nitrogens with one attached hydrogen (secondary N) is 1. The van der Waals surface area contributed by atoms with E-state index >= 15 is 0 Å². The van der Waals surface area contributed by atoms with Gasteiger partial charge in [-0.15, -0.1) is 0 Å². The second-order valence-electron chi connectivity index (χ2n) is 10.8. The predicted molar refractivity (Wildman–Crippen MR) is 164 cm³/mol. The number of nitrogens with zero attached hydrogens (tertiary/aromatic N) is 2. The average molecular weight is 596 g/mol. The first-order chi connectivity index (χ1) is 19.6. The molecule has 0 bridgehead atoms. The molecule has 4 rings (SSSR count). The zero-order chi connectivity index (χ0) is 29.4. The van der Waals surface area contributed by atoms with Gasteiger partial charge in [-0.3, -0.25) is 13.9 Å². The minimum atomic E-state index is -3.81. The van der Waals surface area contributed by atoms with Crippen LogP contribution in [0.1, 0.15) is 48.8 Å². The first-order valence-corrected chi connectivity index (χ1v) is 16.3. The molecule has 41 heavy (non-hydrogen) atoms. The molecule has 1 aliphatic carbocycles. The van der Waals surface area contributed by atoms with E-state index in [1.54, 1.807) is 37.3 Å². The van der Waals surface area contributed by atoms with E-state index in [0.29, 0.717) is 17.1 Å². The summed E-state index contributed by atoms with van der Waals surface area (Å²) in [6.45, 7) is 1.50. The summed E-state index contributed by atoms with van der Waals surface area (Å²) in [7, 11) is -3.81. The van der Waals surface area contributed by atoms with Crippen molar-refractivity contribution in [2.45, 2.75) is 64.1 Å². The highest BCUT2D eigenvalue weighted by atomic mass is 35.5. The summed E-state index contributed by atoms with van der Waals surface area (Å²) in [5, 5.41) is 3.77. The Morgan fingerprint density at radius 1 is 0.902 bits per heavy atom. The number of benzene rings is 3. The zero-order valence-electron chi connectivity index (χ0n) is 23.6. The van der Waals surface area contributed by atoms with Gasteiger partial charge in [-0.25, -0.2) is 8.42 Å². The molecular formula is C32H38ClN3O4S. The Labute approximate surface area is 248 Å². The molecule has 3 aromatic carbocycles. The van der Waals surface area contributed by atoms with Crippen LogP contribution < -0.4 is 9.62 Å². The number of amides is 2. The van der Waals surface area contributed by atoms with Crippen molar-refractivity contribution in [3.05, 3.63) is 101 Å². The number of hydrogen-bond donors (Lipinski definition) is 1. The normalized spacial score (nSPS) is 14.7. The highest BCUT2D eigenvalue weighted by Gasteiger charge is 2.34. The number of rotatable bonds is 11. The van der Waals surface area contributed by atoms with Gasteiger partial charge in [0, 0.05) is 24.0 Å². The molecule has 0 heterocycles. The fourth-order valence-corrected chi connectivity index (χ4v) is 6.36. The van der Waals surface area contributed by atoms with Gasteiger partial charge in [0.25, 0.3) is 0 Å². The summed E-state index contributed by atoms with van der Waals surface area (Å²) in [4.78, 5) is 29.7. The molecule has 1 fully saturated rings. The number of sulfonamides is 1. The van der Waals surface area contributed by atoms with Crippen molar-refractivity contribution in [1.82, 2.24) is 10.2 Å². The first-order valence-electron chi connectivity index (χ1n) is 14.0. The van der Waals surface area contributed by atoms with E-state index in [2.05, 4.69) is 5.32 Å². The van der Waals surface area contributed by atoms with Crippen molar-refractivity contribution in [3.63, 3.8) is 0 Å². The number of hydrogen-bond acceptors (Lipinski definition) is 4. The molecule has 1 aliphatic rings. The number of carbonyl (C=O) groups excluding carboxylic acids is 2. The number of halogens is 1. The summed E-state index contributed by atoms with van der Waals surface area (Å²) < 4.78 is 27.0. The molecule has 0 unspecified atom stereocenters. The van der Waals surface area contributed by atoms with E-state index in [1.165, 1.54) is 4.90 Å². The van der Waals surface area contributed by atoms with Crippen LogP contribution in [0, 0.1) is 6.92 Å². The molecule has 0 aliphatic heterocycles. The summed E-state index contributed by atoms with van der Waals surface area (Å²) in [5.41, 5.74) is 2.85. The van der Waals surface area contributed by atoms with Crippen molar-refractivity contribution >= 4 is 39.1 Å². The van der Waals surface area contributed by atoms with Crippen LogP contribution in [0.25, 0.3) is 0 Å². The van der Waals surface area contributed by atoms with Crippen LogP contribution >= 0.6 is 11.6 Å². The van der Waals surface area contributed by atoms with Gasteiger partial charge in [0.05, 0.1) is 11.9 Å². The Bertz CT molecular complexity index is 1420. The van der Waals surface area contributed by atoms with Crippen LogP contribution in [0.3, 0.4) is 0 Å². The monoisotopic (exact) mass is 595 g/mol. The van der Waals surface area contributed by atoms with Crippen LogP contribution in [-0.4, -0.2) is 50.0 Å². The lowest BCUT2D eigenvalue weighted by molar-refractivity contribution is -0.140. The molecule has 1 atom stereocenters. The quantitative estimate of drug-likeness (QED) is 0.317. The number of para-hydroxylation sites is 1. The third kappa shape index (κ3) is 8.57. The molecule has 218 valence electrons. The largest absolute Gasteiger partial charge is 0.352 e.